The largest absolute Gasteiger partial charge is 0.379 e. The van der Waals surface area contributed by atoms with Gasteiger partial charge in [-0.2, -0.15) is 0 Å². The van der Waals surface area contributed by atoms with Crippen molar-refractivity contribution in [2.45, 2.75) is 51.9 Å². The number of nitrogens with one attached hydrogen (secondary N) is 2. The molecule has 7 heteroatoms. The molecule has 2 N–H and O–H groups in total. The van der Waals surface area contributed by atoms with Gasteiger partial charge < -0.3 is 20.3 Å². The number of anilines is 2. The van der Waals surface area contributed by atoms with Gasteiger partial charge in [-0.1, -0.05) is 19.8 Å². The predicted octanol–water partition coefficient (Wildman–Crippen LogP) is 3.50. The number of hydrogen-bond acceptors (Lipinski definition) is 5. The molecule has 7 nitrogen and oxygen atoms in total. The molecular formula is C26H40N4O3. The Kier molecular flexibility index (Phi) is 8.62. The zero-order valence-corrected chi connectivity index (χ0v) is 20.1. The van der Waals surface area contributed by atoms with Crippen LogP contribution in [0.3, 0.4) is 0 Å². The van der Waals surface area contributed by atoms with E-state index in [1.54, 1.807) is 0 Å². The zero-order valence-electron chi connectivity index (χ0n) is 20.1. The van der Waals surface area contributed by atoms with Crippen molar-refractivity contribution in [2.24, 2.45) is 11.8 Å². The molecular weight excluding hydrogens is 416 g/mol. The van der Waals surface area contributed by atoms with Crippen molar-refractivity contribution in [3.63, 3.8) is 0 Å². The first-order valence-electron chi connectivity index (χ1n) is 12.9. The third kappa shape index (κ3) is 6.70. The Morgan fingerprint density at radius 3 is 2.48 bits per heavy atom. The fourth-order valence-corrected chi connectivity index (χ4v) is 5.18. The summed E-state index contributed by atoms with van der Waals surface area (Å²) in [4.78, 5) is 30.6. The summed E-state index contributed by atoms with van der Waals surface area (Å²) < 4.78 is 5.40. The van der Waals surface area contributed by atoms with Crippen LogP contribution >= 0.6 is 0 Å². The molecule has 4 rings (SSSR count). The van der Waals surface area contributed by atoms with E-state index in [0.717, 1.165) is 108 Å². The number of piperidine rings is 1. The summed E-state index contributed by atoms with van der Waals surface area (Å²) in [6.07, 6.45) is 7.38. The topological polar surface area (TPSA) is 73.9 Å². The van der Waals surface area contributed by atoms with Gasteiger partial charge in [0.15, 0.2) is 0 Å². The van der Waals surface area contributed by atoms with Crippen LogP contribution in [0.2, 0.25) is 0 Å². The van der Waals surface area contributed by atoms with E-state index < -0.39 is 0 Å². The highest BCUT2D eigenvalue weighted by molar-refractivity contribution is 6.02. The summed E-state index contributed by atoms with van der Waals surface area (Å²) in [6.45, 7) is 9.36. The van der Waals surface area contributed by atoms with Crippen molar-refractivity contribution in [1.82, 2.24) is 10.2 Å². The molecule has 1 aromatic rings. The quantitative estimate of drug-likeness (QED) is 0.586. The van der Waals surface area contributed by atoms with E-state index in [0.29, 0.717) is 12.1 Å². The monoisotopic (exact) mass is 456 g/mol. The first-order valence-corrected chi connectivity index (χ1v) is 12.9. The standard InChI is InChI=1S/C26H40N4O3/c1-20-9-13-30(14-10-20)24-8-7-22(28-25(31)21-5-2-3-6-21)19-23(24)26(32)27-11-4-12-29-15-17-33-18-16-29/h7-8,19-21H,2-6,9-18H2,1H3,(H,27,32)(H,28,31). The molecule has 2 heterocycles. The highest BCUT2D eigenvalue weighted by Crippen LogP contribution is 2.30. The Labute approximate surface area is 198 Å². The molecule has 1 aliphatic carbocycles. The number of morpholine rings is 1. The molecule has 2 amide bonds. The molecule has 0 aromatic heterocycles. The first-order chi connectivity index (χ1) is 16.1. The number of benzene rings is 1. The van der Waals surface area contributed by atoms with Gasteiger partial charge >= 0.3 is 0 Å². The van der Waals surface area contributed by atoms with Crippen molar-refractivity contribution >= 4 is 23.2 Å². The second kappa shape index (κ2) is 11.8. The Morgan fingerprint density at radius 1 is 1.03 bits per heavy atom. The maximum absolute atomic E-state index is 13.2. The highest BCUT2D eigenvalue weighted by Gasteiger charge is 2.25. The van der Waals surface area contributed by atoms with E-state index in [9.17, 15) is 9.59 Å². The molecule has 1 saturated carbocycles. The van der Waals surface area contributed by atoms with Gasteiger partial charge in [0.05, 0.1) is 18.8 Å². The van der Waals surface area contributed by atoms with Crippen LogP contribution in [-0.2, 0) is 9.53 Å². The molecule has 182 valence electrons. The van der Waals surface area contributed by atoms with Crippen molar-refractivity contribution in [3.8, 4) is 0 Å². The van der Waals surface area contributed by atoms with Gasteiger partial charge in [0.1, 0.15) is 0 Å². The van der Waals surface area contributed by atoms with E-state index in [1.807, 2.05) is 18.2 Å². The smallest absolute Gasteiger partial charge is 0.253 e. The average Bonchev–Trinajstić information content (AvgIpc) is 3.38. The molecule has 0 spiro atoms. The van der Waals surface area contributed by atoms with Gasteiger partial charge in [-0.15, -0.1) is 0 Å². The van der Waals surface area contributed by atoms with Crippen LogP contribution in [0.4, 0.5) is 11.4 Å². The van der Waals surface area contributed by atoms with Gasteiger partial charge in [0.2, 0.25) is 5.91 Å². The lowest BCUT2D eigenvalue weighted by atomic mass is 9.97. The summed E-state index contributed by atoms with van der Waals surface area (Å²) in [5, 5.41) is 6.20. The Hall–Kier alpha value is -2.12. The van der Waals surface area contributed by atoms with Crippen LogP contribution in [0.25, 0.3) is 0 Å². The minimum atomic E-state index is -0.0532. The number of hydrogen-bond donors (Lipinski definition) is 2. The summed E-state index contributed by atoms with van der Waals surface area (Å²) in [5.74, 6) is 0.862. The van der Waals surface area contributed by atoms with E-state index in [1.165, 1.54) is 0 Å². The first kappa shape index (κ1) is 24.0. The molecule has 3 aliphatic rings. The molecule has 3 fully saturated rings. The fraction of sp³-hybridized carbons (Fsp3) is 0.692. The van der Waals surface area contributed by atoms with Crippen molar-refractivity contribution in [3.05, 3.63) is 23.8 Å². The minimum Gasteiger partial charge on any atom is -0.379 e. The predicted molar refractivity (Wildman–Crippen MR) is 132 cm³/mol. The van der Waals surface area contributed by atoms with Gasteiger partial charge in [-0.3, -0.25) is 14.5 Å². The van der Waals surface area contributed by atoms with Gasteiger partial charge in [-0.05, 0) is 62.8 Å². The van der Waals surface area contributed by atoms with Crippen LogP contribution in [0.1, 0.15) is 62.2 Å². The SMILES string of the molecule is CC1CCN(c2ccc(NC(=O)C3CCCC3)cc2C(=O)NCCCN2CCOCC2)CC1. The molecule has 0 radical (unpaired) electrons. The van der Waals surface area contributed by atoms with Gasteiger partial charge in [-0.25, -0.2) is 0 Å². The van der Waals surface area contributed by atoms with E-state index in [4.69, 9.17) is 4.74 Å². The Balaban J connectivity index is 1.40. The summed E-state index contributed by atoms with van der Waals surface area (Å²) in [6, 6.07) is 5.84. The van der Waals surface area contributed by atoms with Crippen LogP contribution in [0, 0.1) is 11.8 Å². The number of nitrogens with zero attached hydrogens (tertiary/aromatic N) is 2. The number of amides is 2. The summed E-state index contributed by atoms with van der Waals surface area (Å²) in [7, 11) is 0. The van der Waals surface area contributed by atoms with Gasteiger partial charge in [0, 0.05) is 50.0 Å². The molecule has 2 aliphatic heterocycles. The van der Waals surface area contributed by atoms with Crippen LogP contribution in [0.15, 0.2) is 18.2 Å². The van der Waals surface area contributed by atoms with Crippen LogP contribution in [-0.4, -0.2) is 69.2 Å². The average molecular weight is 457 g/mol. The van der Waals surface area contributed by atoms with Crippen LogP contribution < -0.4 is 15.5 Å². The highest BCUT2D eigenvalue weighted by atomic mass is 16.5. The summed E-state index contributed by atoms with van der Waals surface area (Å²) >= 11 is 0. The third-order valence-corrected chi connectivity index (χ3v) is 7.40. The Bertz CT molecular complexity index is 795. The second-order valence-corrected chi connectivity index (χ2v) is 9.94. The van der Waals surface area contributed by atoms with Gasteiger partial charge in [0.25, 0.3) is 5.91 Å². The normalized spacial score (nSPS) is 20.7. The molecule has 0 unspecified atom stereocenters. The zero-order chi connectivity index (χ0) is 23.0. The maximum Gasteiger partial charge on any atom is 0.253 e. The van der Waals surface area contributed by atoms with Crippen molar-refractivity contribution in [1.29, 1.82) is 0 Å². The number of ether oxygens (including phenoxy) is 1. The van der Waals surface area contributed by atoms with Crippen molar-refractivity contribution in [2.75, 3.05) is 62.7 Å². The van der Waals surface area contributed by atoms with E-state index in [-0.39, 0.29) is 17.7 Å². The summed E-state index contributed by atoms with van der Waals surface area (Å²) in [5.41, 5.74) is 2.37. The number of carbonyl (C=O) groups excluding carboxylic acids is 2. The molecule has 0 atom stereocenters. The molecule has 0 bridgehead atoms. The molecule has 2 saturated heterocycles. The molecule has 33 heavy (non-hydrogen) atoms. The number of carbonyl (C=O) groups is 2. The fourth-order valence-electron chi connectivity index (χ4n) is 5.18. The third-order valence-electron chi connectivity index (χ3n) is 7.40. The van der Waals surface area contributed by atoms with E-state index in [2.05, 4.69) is 27.4 Å². The number of rotatable bonds is 8. The van der Waals surface area contributed by atoms with Crippen LogP contribution in [0.5, 0.6) is 0 Å². The lowest BCUT2D eigenvalue weighted by Crippen LogP contribution is -2.38. The van der Waals surface area contributed by atoms with Crippen molar-refractivity contribution < 1.29 is 14.3 Å². The maximum atomic E-state index is 13.2. The molecule has 1 aromatic carbocycles. The Morgan fingerprint density at radius 2 is 1.76 bits per heavy atom. The van der Waals surface area contributed by atoms with E-state index >= 15 is 0 Å². The minimum absolute atomic E-state index is 0.0532. The second-order valence-electron chi connectivity index (χ2n) is 9.94. The lowest BCUT2D eigenvalue weighted by molar-refractivity contribution is -0.119. The lowest BCUT2D eigenvalue weighted by Gasteiger charge is -2.33.